The zero-order chi connectivity index (χ0) is 22.5. The van der Waals surface area contributed by atoms with Gasteiger partial charge in [0.1, 0.15) is 5.82 Å². The molecular formula is C22H28ClFN2O3S. The maximum atomic E-state index is 13.9. The molecule has 0 unspecified atom stereocenters. The maximum absolute atomic E-state index is 13.9. The number of nitrogens with zero attached hydrogens (tertiary/aromatic N) is 1. The molecule has 2 rings (SSSR count). The van der Waals surface area contributed by atoms with Crippen LogP contribution in [-0.2, 0) is 21.2 Å². The van der Waals surface area contributed by atoms with Crippen molar-refractivity contribution in [3.05, 3.63) is 58.9 Å². The summed E-state index contributed by atoms with van der Waals surface area (Å²) in [4.78, 5) is 12.4. The third kappa shape index (κ3) is 6.52. The topological polar surface area (TPSA) is 66.5 Å². The molecule has 30 heavy (non-hydrogen) atoms. The van der Waals surface area contributed by atoms with E-state index in [0.29, 0.717) is 18.8 Å². The van der Waals surface area contributed by atoms with E-state index in [-0.39, 0.29) is 33.7 Å². The summed E-state index contributed by atoms with van der Waals surface area (Å²) in [5.74, 6) is -0.599. The van der Waals surface area contributed by atoms with Gasteiger partial charge in [0.15, 0.2) is 0 Å². The number of amides is 1. The van der Waals surface area contributed by atoms with Gasteiger partial charge >= 0.3 is 0 Å². The van der Waals surface area contributed by atoms with E-state index in [1.165, 1.54) is 46.8 Å². The van der Waals surface area contributed by atoms with E-state index in [9.17, 15) is 17.6 Å². The van der Waals surface area contributed by atoms with Gasteiger partial charge < -0.3 is 5.32 Å². The molecular weight excluding hydrogens is 427 g/mol. The maximum Gasteiger partial charge on any atom is 0.243 e. The summed E-state index contributed by atoms with van der Waals surface area (Å²) in [5.41, 5.74) is 0.541. The molecule has 0 atom stereocenters. The van der Waals surface area contributed by atoms with E-state index >= 15 is 0 Å². The molecule has 0 spiro atoms. The second-order valence-corrected chi connectivity index (χ2v) is 10.4. The summed E-state index contributed by atoms with van der Waals surface area (Å²) >= 11 is 5.96. The molecule has 1 N–H and O–H groups in total. The van der Waals surface area contributed by atoms with Crippen LogP contribution in [0.25, 0.3) is 0 Å². The first-order valence-corrected chi connectivity index (χ1v) is 11.7. The number of hydrogen-bond acceptors (Lipinski definition) is 3. The van der Waals surface area contributed by atoms with Crippen LogP contribution in [0.5, 0.6) is 0 Å². The predicted octanol–water partition coefficient (Wildman–Crippen LogP) is 4.96. The highest BCUT2D eigenvalue weighted by atomic mass is 35.5. The smallest absolute Gasteiger partial charge is 0.243 e. The summed E-state index contributed by atoms with van der Waals surface area (Å²) < 4.78 is 41.4. The molecule has 0 aliphatic rings. The van der Waals surface area contributed by atoms with Crippen molar-refractivity contribution in [3.8, 4) is 0 Å². The standard InChI is InChI=1S/C22H28ClFN2O3S/c1-15(2)13-26(14-16(3)4)30(28,29)18-10-8-17(9-11-18)25-22(27)12-19-20(23)6-5-7-21(19)24/h5-11,15-16H,12-14H2,1-4H3,(H,25,27). The molecule has 0 aliphatic heterocycles. The third-order valence-corrected chi connectivity index (χ3v) is 6.51. The largest absolute Gasteiger partial charge is 0.326 e. The SMILES string of the molecule is CC(C)CN(CC(C)C)S(=O)(=O)c1ccc(NC(=O)Cc2c(F)cccc2Cl)cc1. The van der Waals surface area contributed by atoms with Crippen molar-refractivity contribution < 1.29 is 17.6 Å². The monoisotopic (exact) mass is 454 g/mol. The summed E-state index contributed by atoms with van der Waals surface area (Å²) in [7, 11) is -3.64. The van der Waals surface area contributed by atoms with Crippen LogP contribution < -0.4 is 5.32 Å². The summed E-state index contributed by atoms with van der Waals surface area (Å²) in [5, 5.41) is 2.83. The summed E-state index contributed by atoms with van der Waals surface area (Å²) in [6.45, 7) is 8.77. The van der Waals surface area contributed by atoms with Crippen LogP contribution in [-0.4, -0.2) is 31.7 Å². The Morgan fingerprint density at radius 1 is 1.03 bits per heavy atom. The van der Waals surface area contributed by atoms with Gasteiger partial charge in [-0.1, -0.05) is 45.4 Å². The lowest BCUT2D eigenvalue weighted by Gasteiger charge is -2.25. The fourth-order valence-electron chi connectivity index (χ4n) is 3.01. The van der Waals surface area contributed by atoms with Crippen LogP contribution in [0.15, 0.2) is 47.4 Å². The lowest BCUT2D eigenvalue weighted by molar-refractivity contribution is -0.115. The molecule has 2 aromatic rings. The Bertz CT molecular complexity index is 946. The minimum absolute atomic E-state index is 0.119. The normalized spacial score (nSPS) is 12.0. The first kappa shape index (κ1) is 24.3. The molecule has 164 valence electrons. The predicted molar refractivity (Wildman–Crippen MR) is 119 cm³/mol. The Hall–Kier alpha value is -1.96. The molecule has 1 amide bonds. The van der Waals surface area contributed by atoms with Gasteiger partial charge in [0.2, 0.25) is 15.9 Å². The Morgan fingerprint density at radius 3 is 2.10 bits per heavy atom. The second kappa shape index (κ2) is 10.4. The van der Waals surface area contributed by atoms with E-state index < -0.39 is 21.7 Å². The van der Waals surface area contributed by atoms with E-state index in [1.54, 1.807) is 0 Å². The molecule has 2 aromatic carbocycles. The second-order valence-electron chi connectivity index (χ2n) is 8.06. The highest BCUT2D eigenvalue weighted by Gasteiger charge is 2.25. The molecule has 0 fully saturated rings. The summed E-state index contributed by atoms with van der Waals surface area (Å²) in [6, 6.07) is 10.2. The molecule has 0 bridgehead atoms. The highest BCUT2D eigenvalue weighted by Crippen LogP contribution is 2.22. The van der Waals surface area contributed by atoms with Crippen molar-refractivity contribution in [2.75, 3.05) is 18.4 Å². The number of carbonyl (C=O) groups is 1. The van der Waals surface area contributed by atoms with Gasteiger partial charge in [0.25, 0.3) is 0 Å². The number of hydrogen-bond donors (Lipinski definition) is 1. The first-order chi connectivity index (χ1) is 14.0. The first-order valence-electron chi connectivity index (χ1n) is 9.83. The highest BCUT2D eigenvalue weighted by molar-refractivity contribution is 7.89. The van der Waals surface area contributed by atoms with E-state index in [1.807, 2.05) is 27.7 Å². The minimum Gasteiger partial charge on any atom is -0.326 e. The van der Waals surface area contributed by atoms with Crippen molar-refractivity contribution in [1.82, 2.24) is 4.31 Å². The number of benzene rings is 2. The minimum atomic E-state index is -3.64. The van der Waals surface area contributed by atoms with Crippen molar-refractivity contribution in [2.24, 2.45) is 11.8 Å². The van der Waals surface area contributed by atoms with Crippen molar-refractivity contribution >= 4 is 33.2 Å². The van der Waals surface area contributed by atoms with Crippen LogP contribution in [0.4, 0.5) is 10.1 Å². The molecule has 0 saturated heterocycles. The van der Waals surface area contributed by atoms with Crippen LogP contribution in [0, 0.1) is 17.7 Å². The number of sulfonamides is 1. The van der Waals surface area contributed by atoms with Crippen molar-refractivity contribution in [3.63, 3.8) is 0 Å². The van der Waals surface area contributed by atoms with Gasteiger partial charge in [-0.15, -0.1) is 0 Å². The molecule has 0 aliphatic carbocycles. The number of rotatable bonds is 9. The van der Waals surface area contributed by atoms with Crippen molar-refractivity contribution in [2.45, 2.75) is 39.0 Å². The Balaban J connectivity index is 2.14. The molecule has 0 heterocycles. The van der Waals surface area contributed by atoms with Gasteiger partial charge in [-0.25, -0.2) is 12.8 Å². The molecule has 0 aromatic heterocycles. The fraction of sp³-hybridized carbons (Fsp3) is 0.409. The molecule has 0 saturated carbocycles. The van der Waals surface area contributed by atoms with Crippen LogP contribution >= 0.6 is 11.6 Å². The zero-order valence-electron chi connectivity index (χ0n) is 17.7. The van der Waals surface area contributed by atoms with Gasteiger partial charge in [0, 0.05) is 29.4 Å². The number of halogens is 2. The quantitative estimate of drug-likeness (QED) is 0.582. The molecule has 8 heteroatoms. The van der Waals surface area contributed by atoms with E-state index in [2.05, 4.69) is 5.32 Å². The number of anilines is 1. The van der Waals surface area contributed by atoms with Crippen LogP contribution in [0.3, 0.4) is 0 Å². The molecule has 0 radical (unpaired) electrons. The Labute approximate surface area is 183 Å². The van der Waals surface area contributed by atoms with Crippen LogP contribution in [0.1, 0.15) is 33.3 Å². The van der Waals surface area contributed by atoms with E-state index in [4.69, 9.17) is 11.6 Å². The zero-order valence-corrected chi connectivity index (χ0v) is 19.2. The third-order valence-electron chi connectivity index (χ3n) is 4.31. The lowest BCUT2D eigenvalue weighted by Crippen LogP contribution is -2.37. The van der Waals surface area contributed by atoms with Gasteiger partial charge in [-0.05, 0) is 48.2 Å². The lowest BCUT2D eigenvalue weighted by atomic mass is 10.1. The Morgan fingerprint density at radius 2 is 1.60 bits per heavy atom. The van der Waals surface area contributed by atoms with Gasteiger partial charge in [0.05, 0.1) is 11.3 Å². The van der Waals surface area contributed by atoms with Crippen LogP contribution in [0.2, 0.25) is 5.02 Å². The number of nitrogens with one attached hydrogen (secondary N) is 1. The van der Waals surface area contributed by atoms with Crippen molar-refractivity contribution in [1.29, 1.82) is 0 Å². The average molecular weight is 455 g/mol. The molecule has 5 nitrogen and oxygen atoms in total. The Kier molecular flexibility index (Phi) is 8.41. The fourth-order valence-corrected chi connectivity index (χ4v) is 5.01. The van der Waals surface area contributed by atoms with E-state index in [0.717, 1.165) is 0 Å². The average Bonchev–Trinajstić information content (AvgIpc) is 2.64. The van der Waals surface area contributed by atoms with Gasteiger partial charge in [-0.2, -0.15) is 4.31 Å². The number of carbonyl (C=O) groups excluding carboxylic acids is 1. The van der Waals surface area contributed by atoms with Gasteiger partial charge in [-0.3, -0.25) is 4.79 Å². The summed E-state index contributed by atoms with van der Waals surface area (Å²) in [6.07, 6.45) is -0.220.